The quantitative estimate of drug-likeness (QED) is 0.677. The summed E-state index contributed by atoms with van der Waals surface area (Å²) >= 11 is 0. The fourth-order valence-corrected chi connectivity index (χ4v) is 5.97. The second kappa shape index (κ2) is 4.18. The van der Waals surface area contributed by atoms with Gasteiger partial charge in [0, 0.05) is 17.3 Å². The van der Waals surface area contributed by atoms with E-state index in [1.807, 2.05) is 6.08 Å². The maximum absolute atomic E-state index is 12.3. The van der Waals surface area contributed by atoms with E-state index in [4.69, 9.17) is 0 Å². The molecule has 0 saturated heterocycles. The summed E-state index contributed by atoms with van der Waals surface area (Å²) in [6.07, 6.45) is 12.1. The van der Waals surface area contributed by atoms with Gasteiger partial charge >= 0.3 is 0 Å². The average Bonchev–Trinajstić information content (AvgIpc) is 2.76. The van der Waals surface area contributed by atoms with Crippen LogP contribution in [0.3, 0.4) is 0 Å². The van der Waals surface area contributed by atoms with Gasteiger partial charge in [0.2, 0.25) is 0 Å². The molecule has 3 saturated carbocycles. The van der Waals surface area contributed by atoms with Gasteiger partial charge in [0.05, 0.1) is 0 Å². The number of Topliss-reactive ketones (excluding diaryl/α,β-unsaturated/α-hetero) is 1. The minimum Gasteiger partial charge on any atom is -0.299 e. The molecule has 3 unspecified atom stereocenters. The van der Waals surface area contributed by atoms with Gasteiger partial charge in [-0.3, -0.25) is 9.59 Å². The van der Waals surface area contributed by atoms with Gasteiger partial charge in [0.15, 0.2) is 5.78 Å². The molecule has 4 aliphatic carbocycles. The molecule has 0 amide bonds. The van der Waals surface area contributed by atoms with Crippen LogP contribution in [0.1, 0.15) is 52.4 Å². The van der Waals surface area contributed by atoms with Crippen molar-refractivity contribution in [1.82, 2.24) is 0 Å². The number of hydrogen-bond donors (Lipinski definition) is 0. The van der Waals surface area contributed by atoms with E-state index >= 15 is 0 Å². The molecule has 3 fully saturated rings. The highest BCUT2D eigenvalue weighted by Crippen LogP contribution is 2.63. The van der Waals surface area contributed by atoms with E-state index in [-0.39, 0.29) is 16.6 Å². The lowest BCUT2D eigenvalue weighted by Crippen LogP contribution is -2.49. The lowest BCUT2D eigenvalue weighted by atomic mass is 9.48. The molecule has 4 aliphatic rings. The van der Waals surface area contributed by atoms with Gasteiger partial charge in [-0.25, -0.2) is 0 Å². The number of carbonyl (C=O) groups is 2. The van der Waals surface area contributed by atoms with Gasteiger partial charge in [-0.15, -0.1) is 0 Å². The molecule has 2 heteroatoms. The maximum Gasteiger partial charge on any atom is 0.178 e. The second-order valence-electron chi connectivity index (χ2n) is 8.02. The number of hydrogen-bond acceptors (Lipinski definition) is 2. The van der Waals surface area contributed by atoms with Crippen molar-refractivity contribution in [2.24, 2.45) is 28.6 Å². The third-order valence-corrected chi connectivity index (χ3v) is 7.27. The lowest BCUT2D eigenvalue weighted by Gasteiger charge is -2.55. The van der Waals surface area contributed by atoms with Crippen LogP contribution in [0.25, 0.3) is 0 Å². The first-order valence-corrected chi connectivity index (χ1v) is 8.43. The first-order chi connectivity index (χ1) is 9.95. The monoisotopic (exact) mass is 284 g/mol. The van der Waals surface area contributed by atoms with E-state index in [9.17, 15) is 9.59 Å². The molecule has 0 aromatic heterocycles. The molecule has 2 nitrogen and oxygen atoms in total. The summed E-state index contributed by atoms with van der Waals surface area (Å²) in [5.41, 5.74) is 1.35. The zero-order valence-corrected chi connectivity index (χ0v) is 13.0. The average molecular weight is 284 g/mol. The number of fused-ring (bicyclic) bond motifs is 5. The van der Waals surface area contributed by atoms with Gasteiger partial charge in [-0.1, -0.05) is 25.5 Å². The smallest absolute Gasteiger partial charge is 0.178 e. The number of rotatable bonds is 0. The molecule has 5 atom stereocenters. The van der Waals surface area contributed by atoms with E-state index in [0.717, 1.165) is 32.1 Å². The standard InChI is InChI=1S/C19H24O2/c1-18-9-7-13(20)11-12(18)3-4-14-15-5-6-17(21)19(15,2)10-8-16(14)18/h7,9,11,14-16H,3-6,8,10H2,1-2H3/t14?,15?,16?,18-,19+/m1/s1. The van der Waals surface area contributed by atoms with E-state index in [0.29, 0.717) is 23.5 Å². The molecule has 0 aromatic carbocycles. The van der Waals surface area contributed by atoms with Gasteiger partial charge in [-0.2, -0.15) is 0 Å². The molecule has 0 bridgehead atoms. The molecule has 0 N–H and O–H groups in total. The molecule has 0 spiro atoms. The molecule has 21 heavy (non-hydrogen) atoms. The van der Waals surface area contributed by atoms with Gasteiger partial charge in [0.25, 0.3) is 0 Å². The highest BCUT2D eigenvalue weighted by Gasteiger charge is 2.58. The van der Waals surface area contributed by atoms with Crippen LogP contribution in [0, 0.1) is 28.6 Å². The Morgan fingerprint density at radius 2 is 1.86 bits per heavy atom. The van der Waals surface area contributed by atoms with Crippen LogP contribution in [-0.2, 0) is 9.59 Å². The van der Waals surface area contributed by atoms with Crippen LogP contribution in [0.5, 0.6) is 0 Å². The minimum absolute atomic E-state index is 0.0487. The topological polar surface area (TPSA) is 34.1 Å². The van der Waals surface area contributed by atoms with Crippen molar-refractivity contribution in [2.45, 2.75) is 52.4 Å². The first-order valence-electron chi connectivity index (χ1n) is 8.43. The van der Waals surface area contributed by atoms with E-state index in [1.165, 1.54) is 12.0 Å². The molecular formula is C19H24O2. The van der Waals surface area contributed by atoms with Crippen molar-refractivity contribution in [2.75, 3.05) is 0 Å². The molecule has 0 heterocycles. The van der Waals surface area contributed by atoms with Crippen LogP contribution in [-0.4, -0.2) is 11.6 Å². The van der Waals surface area contributed by atoms with Crippen molar-refractivity contribution >= 4 is 11.6 Å². The summed E-state index contributed by atoms with van der Waals surface area (Å²) in [4.78, 5) is 24.0. The summed E-state index contributed by atoms with van der Waals surface area (Å²) in [5, 5.41) is 0. The highest BCUT2D eigenvalue weighted by atomic mass is 16.1. The van der Waals surface area contributed by atoms with Crippen molar-refractivity contribution in [1.29, 1.82) is 0 Å². The molecular weight excluding hydrogens is 260 g/mol. The van der Waals surface area contributed by atoms with E-state index < -0.39 is 0 Å². The summed E-state index contributed by atoms with van der Waals surface area (Å²) in [6, 6.07) is 0. The lowest BCUT2D eigenvalue weighted by molar-refractivity contribution is -0.131. The van der Waals surface area contributed by atoms with E-state index in [2.05, 4.69) is 19.9 Å². The fourth-order valence-electron chi connectivity index (χ4n) is 5.97. The Kier molecular flexibility index (Phi) is 2.68. The SMILES string of the molecule is C[C@@]12C=CC(=O)C=C1CCC1C2CC[C@]2(C)C(=O)CCC12. The van der Waals surface area contributed by atoms with E-state index in [1.54, 1.807) is 6.08 Å². The van der Waals surface area contributed by atoms with Crippen molar-refractivity contribution in [3.8, 4) is 0 Å². The first kappa shape index (κ1) is 13.5. The summed E-state index contributed by atoms with van der Waals surface area (Å²) in [5.74, 6) is 2.51. The maximum atomic E-state index is 12.3. The normalized spacial score (nSPS) is 48.5. The molecule has 4 rings (SSSR count). The van der Waals surface area contributed by atoms with Gasteiger partial charge < -0.3 is 0 Å². The molecule has 0 radical (unpaired) electrons. The largest absolute Gasteiger partial charge is 0.299 e. The zero-order valence-electron chi connectivity index (χ0n) is 13.0. The zero-order chi connectivity index (χ0) is 14.8. The molecule has 0 aliphatic heterocycles. The Bertz CT molecular complexity index is 584. The highest BCUT2D eigenvalue weighted by molar-refractivity contribution is 6.01. The van der Waals surface area contributed by atoms with Crippen LogP contribution in [0.4, 0.5) is 0 Å². The third kappa shape index (κ3) is 1.65. The van der Waals surface area contributed by atoms with Crippen molar-refractivity contribution in [3.63, 3.8) is 0 Å². The Hall–Kier alpha value is -1.18. The third-order valence-electron chi connectivity index (χ3n) is 7.27. The number of carbonyl (C=O) groups excluding carboxylic acids is 2. The van der Waals surface area contributed by atoms with Crippen LogP contribution < -0.4 is 0 Å². The minimum atomic E-state index is -0.0487. The summed E-state index contributed by atoms with van der Waals surface area (Å²) < 4.78 is 0. The Labute approximate surface area is 126 Å². The molecule has 0 aromatic rings. The Balaban J connectivity index is 1.72. The van der Waals surface area contributed by atoms with Gasteiger partial charge in [-0.05, 0) is 62.0 Å². The van der Waals surface area contributed by atoms with Crippen LogP contribution in [0.15, 0.2) is 23.8 Å². The second-order valence-corrected chi connectivity index (χ2v) is 8.02. The van der Waals surface area contributed by atoms with Crippen molar-refractivity contribution in [3.05, 3.63) is 23.8 Å². The summed E-state index contributed by atoms with van der Waals surface area (Å²) in [6.45, 7) is 4.54. The number of ketones is 2. The Morgan fingerprint density at radius 1 is 1.05 bits per heavy atom. The van der Waals surface area contributed by atoms with Gasteiger partial charge in [0.1, 0.15) is 5.78 Å². The molecule has 112 valence electrons. The predicted molar refractivity (Wildman–Crippen MR) is 81.6 cm³/mol. The predicted octanol–water partition coefficient (Wildman–Crippen LogP) is 3.86. The van der Waals surface area contributed by atoms with Crippen molar-refractivity contribution < 1.29 is 9.59 Å². The van der Waals surface area contributed by atoms with Crippen LogP contribution >= 0.6 is 0 Å². The van der Waals surface area contributed by atoms with Crippen LogP contribution in [0.2, 0.25) is 0 Å². The fraction of sp³-hybridized carbons (Fsp3) is 0.684. The number of allylic oxidation sites excluding steroid dienone is 4. The summed E-state index contributed by atoms with van der Waals surface area (Å²) in [7, 11) is 0. The Morgan fingerprint density at radius 3 is 2.67 bits per heavy atom.